The highest BCUT2D eigenvalue weighted by Gasteiger charge is 2.21. The highest BCUT2D eigenvalue weighted by Crippen LogP contribution is 2.26. The van der Waals surface area contributed by atoms with Crippen LogP contribution >= 0.6 is 0 Å². The van der Waals surface area contributed by atoms with Crippen LogP contribution in [0.25, 0.3) is 0 Å². The van der Waals surface area contributed by atoms with Gasteiger partial charge >= 0.3 is 0 Å². The first-order chi connectivity index (χ1) is 13.1. The molecule has 1 aliphatic rings. The van der Waals surface area contributed by atoms with Crippen LogP contribution in [0.15, 0.2) is 47.4 Å². The Kier molecular flexibility index (Phi) is 5.53. The van der Waals surface area contributed by atoms with Gasteiger partial charge in [-0.3, -0.25) is 9.52 Å². The van der Waals surface area contributed by atoms with Crippen LogP contribution in [0.5, 0.6) is 0 Å². The standard InChI is InChI=1S/C22H28N2O3S/c1-5-21(25)24-13-12-16-6-9-19(14-17(16)15-24)23-28(26,27)20-10-7-18(8-11-20)22(2,3)4/h6-11,14,23H,5,12-13,15H2,1-4H3. The smallest absolute Gasteiger partial charge is 0.261 e. The van der Waals surface area contributed by atoms with Crippen LogP contribution in [-0.2, 0) is 33.2 Å². The molecule has 3 rings (SSSR count). The van der Waals surface area contributed by atoms with E-state index in [4.69, 9.17) is 0 Å². The van der Waals surface area contributed by atoms with Gasteiger partial charge in [-0.1, -0.05) is 45.9 Å². The number of nitrogens with zero attached hydrogens (tertiary/aromatic N) is 1. The molecular weight excluding hydrogens is 372 g/mol. The molecule has 0 radical (unpaired) electrons. The summed E-state index contributed by atoms with van der Waals surface area (Å²) in [4.78, 5) is 14.1. The number of nitrogens with one attached hydrogen (secondary N) is 1. The fourth-order valence-corrected chi connectivity index (χ4v) is 4.45. The number of hydrogen-bond donors (Lipinski definition) is 1. The van der Waals surface area contributed by atoms with Crippen LogP contribution in [0.3, 0.4) is 0 Å². The van der Waals surface area contributed by atoms with Gasteiger partial charge in [0.2, 0.25) is 5.91 Å². The molecule has 2 aromatic rings. The maximum Gasteiger partial charge on any atom is 0.261 e. The predicted molar refractivity (Wildman–Crippen MR) is 112 cm³/mol. The summed E-state index contributed by atoms with van der Waals surface area (Å²) in [6.45, 7) is 9.37. The first-order valence-corrected chi connectivity index (χ1v) is 11.1. The minimum absolute atomic E-state index is 0.0317. The monoisotopic (exact) mass is 400 g/mol. The number of benzene rings is 2. The summed E-state index contributed by atoms with van der Waals surface area (Å²) in [5.74, 6) is 0.121. The molecule has 0 aromatic heterocycles. The summed E-state index contributed by atoms with van der Waals surface area (Å²) in [7, 11) is -3.67. The zero-order chi connectivity index (χ0) is 20.5. The Morgan fingerprint density at radius 1 is 1.07 bits per heavy atom. The molecule has 1 N–H and O–H groups in total. The summed E-state index contributed by atoms with van der Waals surface area (Å²) in [5.41, 5.74) is 3.73. The zero-order valence-electron chi connectivity index (χ0n) is 17.0. The van der Waals surface area contributed by atoms with Gasteiger partial charge in [0.25, 0.3) is 10.0 Å². The number of carbonyl (C=O) groups is 1. The van der Waals surface area contributed by atoms with E-state index in [1.165, 1.54) is 0 Å². The third kappa shape index (κ3) is 4.38. The SMILES string of the molecule is CCC(=O)N1CCc2ccc(NS(=O)(=O)c3ccc(C(C)(C)C)cc3)cc2C1. The summed E-state index contributed by atoms with van der Waals surface area (Å²) in [6.07, 6.45) is 1.27. The number of rotatable bonds is 4. The van der Waals surface area contributed by atoms with Crippen LogP contribution < -0.4 is 4.72 Å². The van der Waals surface area contributed by atoms with Crippen molar-refractivity contribution in [2.24, 2.45) is 0 Å². The van der Waals surface area contributed by atoms with E-state index in [1.54, 1.807) is 18.2 Å². The molecule has 0 atom stereocenters. The fraction of sp³-hybridized carbons (Fsp3) is 0.409. The number of sulfonamides is 1. The molecule has 0 saturated carbocycles. The highest BCUT2D eigenvalue weighted by atomic mass is 32.2. The van der Waals surface area contributed by atoms with Gasteiger partial charge in [0.15, 0.2) is 0 Å². The van der Waals surface area contributed by atoms with Gasteiger partial charge in [-0.2, -0.15) is 0 Å². The molecule has 0 unspecified atom stereocenters. The lowest BCUT2D eigenvalue weighted by atomic mass is 9.87. The first-order valence-electron chi connectivity index (χ1n) is 9.63. The number of hydrogen-bond acceptors (Lipinski definition) is 3. The minimum atomic E-state index is -3.67. The molecular formula is C22H28N2O3S. The van der Waals surface area contributed by atoms with Crippen molar-refractivity contribution in [3.63, 3.8) is 0 Å². The summed E-state index contributed by atoms with van der Waals surface area (Å²) in [6, 6.07) is 12.6. The van der Waals surface area contributed by atoms with Crippen molar-refractivity contribution in [1.82, 2.24) is 4.90 Å². The molecule has 0 spiro atoms. The van der Waals surface area contributed by atoms with Gasteiger partial charge in [-0.25, -0.2) is 8.42 Å². The Morgan fingerprint density at radius 3 is 2.36 bits per heavy atom. The first kappa shape index (κ1) is 20.4. The number of amides is 1. The Bertz CT molecular complexity index is 974. The van der Waals surface area contributed by atoms with Crippen LogP contribution in [0.4, 0.5) is 5.69 Å². The van der Waals surface area contributed by atoms with E-state index in [9.17, 15) is 13.2 Å². The summed E-state index contributed by atoms with van der Waals surface area (Å²) in [5, 5.41) is 0. The molecule has 0 bridgehead atoms. The van der Waals surface area contributed by atoms with Crippen LogP contribution in [0.1, 0.15) is 50.8 Å². The Balaban J connectivity index is 1.81. The van der Waals surface area contributed by atoms with E-state index < -0.39 is 10.0 Å². The van der Waals surface area contributed by atoms with Crippen molar-refractivity contribution < 1.29 is 13.2 Å². The van der Waals surface area contributed by atoms with Gasteiger partial charge in [0.1, 0.15) is 0 Å². The van der Waals surface area contributed by atoms with Crippen molar-refractivity contribution >= 4 is 21.6 Å². The molecule has 28 heavy (non-hydrogen) atoms. The van der Waals surface area contributed by atoms with Gasteiger partial charge in [-0.05, 0) is 52.8 Å². The topological polar surface area (TPSA) is 66.5 Å². The van der Waals surface area contributed by atoms with Gasteiger partial charge in [-0.15, -0.1) is 0 Å². The fourth-order valence-electron chi connectivity index (χ4n) is 3.41. The zero-order valence-corrected chi connectivity index (χ0v) is 17.8. The van der Waals surface area contributed by atoms with Gasteiger partial charge in [0.05, 0.1) is 4.90 Å². The number of fused-ring (bicyclic) bond motifs is 1. The van der Waals surface area contributed by atoms with Crippen LogP contribution in [-0.4, -0.2) is 25.8 Å². The highest BCUT2D eigenvalue weighted by molar-refractivity contribution is 7.92. The van der Waals surface area contributed by atoms with E-state index in [2.05, 4.69) is 25.5 Å². The quantitative estimate of drug-likeness (QED) is 0.841. The summed E-state index contributed by atoms with van der Waals surface area (Å²) < 4.78 is 28.2. The molecule has 5 nitrogen and oxygen atoms in total. The van der Waals surface area contributed by atoms with Crippen molar-refractivity contribution in [3.05, 3.63) is 59.2 Å². The third-order valence-corrected chi connectivity index (χ3v) is 6.55. The van der Waals surface area contributed by atoms with E-state index in [0.717, 1.165) is 23.1 Å². The lowest BCUT2D eigenvalue weighted by Crippen LogP contribution is -2.35. The summed E-state index contributed by atoms with van der Waals surface area (Å²) >= 11 is 0. The van der Waals surface area contributed by atoms with Crippen molar-refractivity contribution in [3.8, 4) is 0 Å². The maximum atomic E-state index is 12.8. The van der Waals surface area contributed by atoms with Crippen molar-refractivity contribution in [2.45, 2.75) is 57.4 Å². The van der Waals surface area contributed by atoms with E-state index in [0.29, 0.717) is 25.2 Å². The lowest BCUT2D eigenvalue weighted by molar-refractivity contribution is -0.131. The maximum absolute atomic E-state index is 12.8. The number of carbonyl (C=O) groups excluding carboxylic acids is 1. The predicted octanol–water partition coefficient (Wildman–Crippen LogP) is 4.08. The molecule has 1 amide bonds. The molecule has 0 fully saturated rings. The molecule has 6 heteroatoms. The Labute approximate surface area is 167 Å². The van der Waals surface area contributed by atoms with Crippen LogP contribution in [0, 0.1) is 0 Å². The Morgan fingerprint density at radius 2 is 1.75 bits per heavy atom. The van der Waals surface area contributed by atoms with E-state index in [-0.39, 0.29) is 16.2 Å². The normalized spacial score (nSPS) is 14.5. The average Bonchev–Trinajstić information content (AvgIpc) is 2.66. The van der Waals surface area contributed by atoms with Crippen LogP contribution in [0.2, 0.25) is 0 Å². The largest absolute Gasteiger partial charge is 0.338 e. The van der Waals surface area contributed by atoms with E-state index in [1.807, 2.05) is 36.1 Å². The lowest BCUT2D eigenvalue weighted by Gasteiger charge is -2.29. The second kappa shape index (κ2) is 7.59. The molecule has 150 valence electrons. The molecule has 1 heterocycles. The molecule has 0 saturated heterocycles. The average molecular weight is 401 g/mol. The third-order valence-electron chi connectivity index (χ3n) is 5.16. The van der Waals surface area contributed by atoms with Gasteiger partial charge in [0, 0.05) is 25.2 Å². The van der Waals surface area contributed by atoms with E-state index >= 15 is 0 Å². The molecule has 1 aliphatic heterocycles. The minimum Gasteiger partial charge on any atom is -0.338 e. The molecule has 0 aliphatic carbocycles. The Hall–Kier alpha value is -2.34. The van der Waals surface area contributed by atoms with Gasteiger partial charge < -0.3 is 4.90 Å². The van der Waals surface area contributed by atoms with Crippen molar-refractivity contribution in [1.29, 1.82) is 0 Å². The molecule has 2 aromatic carbocycles. The van der Waals surface area contributed by atoms with Crippen molar-refractivity contribution in [2.75, 3.05) is 11.3 Å². The second-order valence-corrected chi connectivity index (χ2v) is 9.96. The second-order valence-electron chi connectivity index (χ2n) is 8.28. The number of anilines is 1.